The number of hydrogen-bond donors (Lipinski definition) is 1. The lowest BCUT2D eigenvalue weighted by Gasteiger charge is -2.13. The summed E-state index contributed by atoms with van der Waals surface area (Å²) >= 11 is 0. The van der Waals surface area contributed by atoms with Crippen molar-refractivity contribution >= 4 is 32.5 Å². The van der Waals surface area contributed by atoms with Crippen LogP contribution in [-0.4, -0.2) is 51.4 Å². The van der Waals surface area contributed by atoms with Gasteiger partial charge in [-0.05, 0) is 42.0 Å². The van der Waals surface area contributed by atoms with Crippen molar-refractivity contribution < 1.29 is 13.2 Å². The van der Waals surface area contributed by atoms with Gasteiger partial charge in [0.25, 0.3) is 5.91 Å². The van der Waals surface area contributed by atoms with Crippen LogP contribution in [-0.2, 0) is 23.6 Å². The summed E-state index contributed by atoms with van der Waals surface area (Å²) in [6.45, 7) is 0.411. The van der Waals surface area contributed by atoms with Crippen LogP contribution in [0.1, 0.15) is 16.1 Å². The summed E-state index contributed by atoms with van der Waals surface area (Å²) in [5.74, 6) is -0.211. The minimum absolute atomic E-state index is 0.202. The van der Waals surface area contributed by atoms with E-state index >= 15 is 0 Å². The van der Waals surface area contributed by atoms with Crippen molar-refractivity contribution in [2.75, 3.05) is 33.1 Å². The first-order chi connectivity index (χ1) is 13.6. The van der Waals surface area contributed by atoms with Gasteiger partial charge in [-0.25, -0.2) is 12.7 Å². The maximum Gasteiger partial charge on any atom is 0.268 e. The number of nitrogens with zero attached hydrogens (tertiary/aromatic N) is 3. The van der Waals surface area contributed by atoms with E-state index in [4.69, 9.17) is 0 Å². The van der Waals surface area contributed by atoms with E-state index in [2.05, 4.69) is 5.32 Å². The molecule has 3 rings (SSSR count). The molecule has 0 saturated heterocycles. The minimum Gasteiger partial charge on any atom is -0.378 e. The number of anilines is 1. The lowest BCUT2D eigenvalue weighted by atomic mass is 10.2. The number of aromatic nitrogens is 1. The number of benzene rings is 2. The Kier molecular flexibility index (Phi) is 5.68. The number of rotatable bonds is 6. The molecule has 154 valence electrons. The average molecular weight is 415 g/mol. The molecule has 1 aromatic heterocycles. The predicted molar refractivity (Wildman–Crippen MR) is 116 cm³/mol. The first-order valence-corrected chi connectivity index (χ1v) is 10.6. The number of nitrogens with one attached hydrogen (secondary N) is 1. The minimum atomic E-state index is -3.53. The molecule has 29 heavy (non-hydrogen) atoms. The summed E-state index contributed by atoms with van der Waals surface area (Å²) in [5, 5.41) is 3.63. The van der Waals surface area contributed by atoms with Crippen molar-refractivity contribution in [2.45, 2.75) is 11.4 Å². The fourth-order valence-electron chi connectivity index (χ4n) is 3.10. The van der Waals surface area contributed by atoms with Crippen LogP contribution < -0.4 is 10.2 Å². The first kappa shape index (κ1) is 20.9. The van der Waals surface area contributed by atoms with Gasteiger partial charge in [-0.15, -0.1) is 0 Å². The first-order valence-electron chi connectivity index (χ1n) is 9.17. The third kappa shape index (κ3) is 4.13. The zero-order chi connectivity index (χ0) is 21.3. The summed E-state index contributed by atoms with van der Waals surface area (Å²) in [5.41, 5.74) is 3.37. The van der Waals surface area contributed by atoms with Gasteiger partial charge in [-0.1, -0.05) is 12.1 Å². The molecule has 0 aliphatic rings. The summed E-state index contributed by atoms with van der Waals surface area (Å²) in [4.78, 5) is 14.9. The number of aryl methyl sites for hydroxylation is 1. The highest BCUT2D eigenvalue weighted by molar-refractivity contribution is 7.89. The lowest BCUT2D eigenvalue weighted by molar-refractivity contribution is 0.0943. The highest BCUT2D eigenvalue weighted by Gasteiger charge is 2.19. The number of hydrogen-bond acceptors (Lipinski definition) is 4. The van der Waals surface area contributed by atoms with Crippen molar-refractivity contribution in [3.63, 3.8) is 0 Å². The third-order valence-corrected chi connectivity index (χ3v) is 6.74. The number of sulfonamides is 1. The van der Waals surface area contributed by atoms with E-state index in [1.54, 1.807) is 35.9 Å². The van der Waals surface area contributed by atoms with E-state index in [-0.39, 0.29) is 10.8 Å². The molecule has 0 aliphatic heterocycles. The standard InChI is InChI=1S/C21H26N4O3S/c1-23(2)17-8-6-15(7-9-17)14-22-21(26)20-13-16-12-18(29(27,28)24(3)4)10-11-19(16)25(20)5/h6-13H,14H2,1-5H3,(H,22,26). The number of amides is 1. The number of carbonyl (C=O) groups is 1. The Morgan fingerprint density at radius 2 is 1.66 bits per heavy atom. The molecule has 1 N–H and O–H groups in total. The summed E-state index contributed by atoms with van der Waals surface area (Å²) < 4.78 is 27.7. The van der Waals surface area contributed by atoms with Crippen molar-refractivity contribution in [3.8, 4) is 0 Å². The summed E-state index contributed by atoms with van der Waals surface area (Å²) in [6, 6.07) is 14.6. The molecule has 0 atom stereocenters. The molecule has 0 fully saturated rings. The maximum absolute atomic E-state index is 12.7. The van der Waals surface area contributed by atoms with Gasteiger partial charge in [0.1, 0.15) is 5.69 Å². The van der Waals surface area contributed by atoms with Gasteiger partial charge >= 0.3 is 0 Å². The zero-order valence-electron chi connectivity index (χ0n) is 17.3. The highest BCUT2D eigenvalue weighted by atomic mass is 32.2. The van der Waals surface area contributed by atoms with Crippen LogP contribution >= 0.6 is 0 Å². The van der Waals surface area contributed by atoms with Gasteiger partial charge in [-0.2, -0.15) is 0 Å². The Labute approximate surface area is 171 Å². The maximum atomic E-state index is 12.7. The normalized spacial score (nSPS) is 11.8. The molecule has 0 bridgehead atoms. The molecular formula is C21H26N4O3S. The second-order valence-corrected chi connectivity index (χ2v) is 9.49. The molecule has 0 unspecified atom stereocenters. The Bertz CT molecular complexity index is 1150. The van der Waals surface area contributed by atoms with E-state index in [1.807, 2.05) is 43.3 Å². The molecule has 3 aromatic rings. The number of carbonyl (C=O) groups excluding carboxylic acids is 1. The zero-order valence-corrected chi connectivity index (χ0v) is 18.1. The van der Waals surface area contributed by atoms with Crippen molar-refractivity contribution in [3.05, 3.63) is 59.8 Å². The van der Waals surface area contributed by atoms with E-state index < -0.39 is 10.0 Å². The molecule has 2 aromatic carbocycles. The highest BCUT2D eigenvalue weighted by Crippen LogP contribution is 2.24. The van der Waals surface area contributed by atoms with Gasteiger partial charge in [0.2, 0.25) is 10.0 Å². The van der Waals surface area contributed by atoms with Gasteiger partial charge in [0, 0.05) is 58.4 Å². The Hall–Kier alpha value is -2.84. The van der Waals surface area contributed by atoms with Gasteiger partial charge in [-0.3, -0.25) is 4.79 Å². The molecule has 0 aliphatic carbocycles. The molecule has 1 amide bonds. The molecule has 1 heterocycles. The van der Waals surface area contributed by atoms with E-state index in [0.717, 1.165) is 16.8 Å². The Morgan fingerprint density at radius 3 is 2.24 bits per heavy atom. The van der Waals surface area contributed by atoms with Gasteiger partial charge < -0.3 is 14.8 Å². The van der Waals surface area contributed by atoms with E-state index in [9.17, 15) is 13.2 Å². The summed E-state index contributed by atoms with van der Waals surface area (Å²) in [7, 11) is 5.21. The summed E-state index contributed by atoms with van der Waals surface area (Å²) in [6.07, 6.45) is 0. The van der Waals surface area contributed by atoms with Crippen LogP contribution in [0.3, 0.4) is 0 Å². The molecule has 0 saturated carbocycles. The van der Waals surface area contributed by atoms with E-state index in [0.29, 0.717) is 17.6 Å². The largest absolute Gasteiger partial charge is 0.378 e. The monoisotopic (exact) mass is 414 g/mol. The van der Waals surface area contributed by atoms with Crippen LogP contribution in [0.5, 0.6) is 0 Å². The van der Waals surface area contributed by atoms with Gasteiger partial charge in [0.05, 0.1) is 4.90 Å². The van der Waals surface area contributed by atoms with Crippen LogP contribution in [0.4, 0.5) is 5.69 Å². The van der Waals surface area contributed by atoms with Crippen LogP contribution in [0, 0.1) is 0 Å². The van der Waals surface area contributed by atoms with Crippen LogP contribution in [0.2, 0.25) is 0 Å². The SMILES string of the molecule is CN(C)c1ccc(CNC(=O)c2cc3cc(S(=O)(=O)N(C)C)ccc3n2C)cc1. The molecule has 0 spiro atoms. The van der Waals surface area contributed by atoms with Crippen LogP contribution in [0.15, 0.2) is 53.4 Å². The van der Waals surface area contributed by atoms with E-state index in [1.165, 1.54) is 18.4 Å². The Morgan fingerprint density at radius 1 is 1.00 bits per heavy atom. The predicted octanol–water partition coefficient (Wildman–Crippen LogP) is 2.42. The second-order valence-electron chi connectivity index (χ2n) is 7.34. The smallest absolute Gasteiger partial charge is 0.268 e. The van der Waals surface area contributed by atoms with Gasteiger partial charge in [0.15, 0.2) is 0 Å². The average Bonchev–Trinajstić information content (AvgIpc) is 3.02. The molecule has 0 radical (unpaired) electrons. The second kappa shape index (κ2) is 7.88. The van der Waals surface area contributed by atoms with Crippen molar-refractivity contribution in [1.29, 1.82) is 0 Å². The number of fused-ring (bicyclic) bond motifs is 1. The Balaban J connectivity index is 1.81. The molecular weight excluding hydrogens is 388 g/mol. The fourth-order valence-corrected chi connectivity index (χ4v) is 4.04. The molecule has 7 nitrogen and oxygen atoms in total. The van der Waals surface area contributed by atoms with Crippen molar-refractivity contribution in [1.82, 2.24) is 14.2 Å². The third-order valence-electron chi connectivity index (χ3n) is 4.93. The van der Waals surface area contributed by atoms with Crippen molar-refractivity contribution in [2.24, 2.45) is 7.05 Å². The fraction of sp³-hybridized carbons (Fsp3) is 0.286. The van der Waals surface area contributed by atoms with Crippen LogP contribution in [0.25, 0.3) is 10.9 Å². The topological polar surface area (TPSA) is 74.7 Å². The lowest BCUT2D eigenvalue weighted by Crippen LogP contribution is -2.24. The molecule has 8 heteroatoms. The quantitative estimate of drug-likeness (QED) is 0.672.